The van der Waals surface area contributed by atoms with E-state index in [4.69, 9.17) is 5.73 Å². The van der Waals surface area contributed by atoms with Crippen LogP contribution in [-0.2, 0) is 6.42 Å². The summed E-state index contributed by atoms with van der Waals surface area (Å²) in [6.45, 7) is 7.86. The van der Waals surface area contributed by atoms with Crippen molar-refractivity contribution >= 4 is 5.69 Å². The summed E-state index contributed by atoms with van der Waals surface area (Å²) in [5.41, 5.74) is 10.1. The Morgan fingerprint density at radius 3 is 2.75 bits per heavy atom. The summed E-state index contributed by atoms with van der Waals surface area (Å²) in [6.07, 6.45) is 7.67. The fourth-order valence-corrected chi connectivity index (χ4v) is 3.46. The molecule has 0 spiro atoms. The predicted molar refractivity (Wildman–Crippen MR) is 88.4 cm³/mol. The van der Waals surface area contributed by atoms with Crippen LogP contribution in [0.15, 0.2) is 18.2 Å². The fraction of sp³-hybridized carbons (Fsp3) is 0.667. The molecule has 2 atom stereocenters. The zero-order chi connectivity index (χ0) is 14.5. The smallest absolute Gasteiger partial charge is 0.0398 e. The molecule has 2 N–H and O–H groups in total. The third-order valence-electron chi connectivity index (χ3n) is 4.48. The number of nitrogens with zero attached hydrogens (tertiary/aromatic N) is 1. The van der Waals surface area contributed by atoms with Crippen molar-refractivity contribution in [3.05, 3.63) is 29.3 Å². The third-order valence-corrected chi connectivity index (χ3v) is 4.48. The Bertz CT molecular complexity index is 425. The number of aryl methyl sites for hydroxylation is 1. The van der Waals surface area contributed by atoms with Crippen LogP contribution in [0.25, 0.3) is 0 Å². The van der Waals surface area contributed by atoms with E-state index in [-0.39, 0.29) is 6.04 Å². The molecule has 1 aromatic carbocycles. The maximum atomic E-state index is 5.91. The average Bonchev–Trinajstić information content (AvgIpc) is 2.63. The van der Waals surface area contributed by atoms with Gasteiger partial charge in [-0.3, -0.25) is 0 Å². The summed E-state index contributed by atoms with van der Waals surface area (Å²) in [6, 6.07) is 7.87. The zero-order valence-corrected chi connectivity index (χ0v) is 13.4. The fourth-order valence-electron chi connectivity index (χ4n) is 3.46. The van der Waals surface area contributed by atoms with Gasteiger partial charge in [0, 0.05) is 24.3 Å². The lowest BCUT2D eigenvalue weighted by atomic mass is 10.0. The van der Waals surface area contributed by atoms with Gasteiger partial charge >= 0.3 is 0 Å². The van der Waals surface area contributed by atoms with Crippen LogP contribution >= 0.6 is 0 Å². The molecular formula is C18H30N2. The van der Waals surface area contributed by atoms with E-state index in [0.717, 1.165) is 12.5 Å². The van der Waals surface area contributed by atoms with Crippen molar-refractivity contribution in [2.45, 2.75) is 71.4 Å². The second kappa shape index (κ2) is 7.12. The van der Waals surface area contributed by atoms with Gasteiger partial charge in [0.05, 0.1) is 0 Å². The summed E-state index contributed by atoms with van der Waals surface area (Å²) in [5.74, 6) is 0. The Morgan fingerprint density at radius 2 is 2.10 bits per heavy atom. The summed E-state index contributed by atoms with van der Waals surface area (Å²) < 4.78 is 0. The van der Waals surface area contributed by atoms with E-state index >= 15 is 0 Å². The molecule has 1 aliphatic rings. The lowest BCUT2D eigenvalue weighted by Crippen LogP contribution is -2.34. The van der Waals surface area contributed by atoms with E-state index in [1.165, 1.54) is 55.5 Å². The van der Waals surface area contributed by atoms with Crippen LogP contribution in [0, 0.1) is 6.92 Å². The quantitative estimate of drug-likeness (QED) is 0.897. The Hall–Kier alpha value is -1.02. The number of hydrogen-bond acceptors (Lipinski definition) is 2. The maximum Gasteiger partial charge on any atom is 0.0398 e. The first kappa shape index (κ1) is 15.4. The molecular weight excluding hydrogens is 244 g/mol. The number of anilines is 1. The normalized spacial score (nSPS) is 21.6. The minimum Gasteiger partial charge on any atom is -0.368 e. The minimum atomic E-state index is 0.238. The van der Waals surface area contributed by atoms with Crippen LogP contribution in [0.2, 0.25) is 0 Å². The highest BCUT2D eigenvalue weighted by atomic mass is 15.2. The van der Waals surface area contributed by atoms with Gasteiger partial charge in [-0.25, -0.2) is 0 Å². The molecule has 1 saturated heterocycles. The summed E-state index contributed by atoms with van der Waals surface area (Å²) in [5, 5.41) is 0. The van der Waals surface area contributed by atoms with Crippen LogP contribution in [0.1, 0.15) is 57.1 Å². The molecule has 0 radical (unpaired) electrons. The zero-order valence-electron chi connectivity index (χ0n) is 13.4. The van der Waals surface area contributed by atoms with Gasteiger partial charge in [-0.05, 0) is 56.7 Å². The average molecular weight is 274 g/mol. The standard InChI is InChI=1S/C18H30N2/c1-4-17-8-6-5-7-11-20(17)18-10-9-16(12-14(18)2)13-15(3)19/h9-10,12,15,17H,4-8,11,13,19H2,1-3H3. The minimum absolute atomic E-state index is 0.238. The van der Waals surface area contributed by atoms with Crippen LogP contribution in [-0.4, -0.2) is 18.6 Å². The van der Waals surface area contributed by atoms with Crippen molar-refractivity contribution in [3.63, 3.8) is 0 Å². The molecule has 0 saturated carbocycles. The monoisotopic (exact) mass is 274 g/mol. The summed E-state index contributed by atoms with van der Waals surface area (Å²) in [7, 11) is 0. The van der Waals surface area contributed by atoms with E-state index in [1.807, 2.05) is 0 Å². The van der Waals surface area contributed by atoms with Crippen molar-refractivity contribution in [1.29, 1.82) is 0 Å². The van der Waals surface area contributed by atoms with Crippen molar-refractivity contribution in [2.75, 3.05) is 11.4 Å². The van der Waals surface area contributed by atoms with E-state index in [9.17, 15) is 0 Å². The first-order valence-electron chi connectivity index (χ1n) is 8.23. The first-order valence-corrected chi connectivity index (χ1v) is 8.23. The van der Waals surface area contributed by atoms with Gasteiger partial charge in [0.1, 0.15) is 0 Å². The van der Waals surface area contributed by atoms with Crippen LogP contribution in [0.4, 0.5) is 5.69 Å². The SMILES string of the molecule is CCC1CCCCCN1c1ccc(CC(C)N)cc1C. The number of rotatable bonds is 4. The van der Waals surface area contributed by atoms with Crippen molar-refractivity contribution in [2.24, 2.45) is 5.73 Å². The van der Waals surface area contributed by atoms with E-state index in [0.29, 0.717) is 0 Å². The summed E-state index contributed by atoms with van der Waals surface area (Å²) >= 11 is 0. The highest BCUT2D eigenvalue weighted by Gasteiger charge is 2.21. The van der Waals surface area contributed by atoms with Gasteiger partial charge in [0.15, 0.2) is 0 Å². The molecule has 0 bridgehead atoms. The Labute approximate surface area is 124 Å². The highest BCUT2D eigenvalue weighted by molar-refractivity contribution is 5.55. The number of benzene rings is 1. The second-order valence-electron chi connectivity index (χ2n) is 6.41. The van der Waals surface area contributed by atoms with E-state index < -0.39 is 0 Å². The van der Waals surface area contributed by atoms with E-state index in [2.05, 4.69) is 43.9 Å². The molecule has 2 heteroatoms. The highest BCUT2D eigenvalue weighted by Crippen LogP contribution is 2.29. The Balaban J connectivity index is 2.21. The van der Waals surface area contributed by atoms with Gasteiger partial charge in [-0.1, -0.05) is 31.9 Å². The van der Waals surface area contributed by atoms with Crippen molar-refractivity contribution in [1.82, 2.24) is 0 Å². The number of nitrogens with two attached hydrogens (primary N) is 1. The molecule has 0 amide bonds. The van der Waals surface area contributed by atoms with Crippen LogP contribution < -0.4 is 10.6 Å². The van der Waals surface area contributed by atoms with Gasteiger partial charge in [-0.2, -0.15) is 0 Å². The third kappa shape index (κ3) is 3.76. The molecule has 2 nitrogen and oxygen atoms in total. The molecule has 1 fully saturated rings. The molecule has 1 heterocycles. The lowest BCUT2D eigenvalue weighted by Gasteiger charge is -2.33. The molecule has 20 heavy (non-hydrogen) atoms. The molecule has 1 aliphatic heterocycles. The van der Waals surface area contributed by atoms with Gasteiger partial charge in [-0.15, -0.1) is 0 Å². The Kier molecular flexibility index (Phi) is 5.47. The second-order valence-corrected chi connectivity index (χ2v) is 6.41. The molecule has 0 aromatic heterocycles. The molecule has 2 rings (SSSR count). The largest absolute Gasteiger partial charge is 0.368 e. The van der Waals surface area contributed by atoms with Crippen LogP contribution in [0.3, 0.4) is 0 Å². The van der Waals surface area contributed by atoms with Crippen molar-refractivity contribution in [3.8, 4) is 0 Å². The summed E-state index contributed by atoms with van der Waals surface area (Å²) in [4.78, 5) is 2.65. The maximum absolute atomic E-state index is 5.91. The molecule has 112 valence electrons. The van der Waals surface area contributed by atoms with E-state index in [1.54, 1.807) is 0 Å². The topological polar surface area (TPSA) is 29.3 Å². The Morgan fingerprint density at radius 1 is 1.30 bits per heavy atom. The van der Waals surface area contributed by atoms with Crippen molar-refractivity contribution < 1.29 is 0 Å². The first-order chi connectivity index (χ1) is 9.61. The van der Waals surface area contributed by atoms with Crippen LogP contribution in [0.5, 0.6) is 0 Å². The lowest BCUT2D eigenvalue weighted by molar-refractivity contribution is 0.555. The van der Waals surface area contributed by atoms with Gasteiger partial charge < -0.3 is 10.6 Å². The predicted octanol–water partition coefficient (Wildman–Crippen LogP) is 4.04. The molecule has 0 aliphatic carbocycles. The van der Waals surface area contributed by atoms with Gasteiger partial charge in [0.2, 0.25) is 0 Å². The number of hydrogen-bond donors (Lipinski definition) is 1. The van der Waals surface area contributed by atoms with Gasteiger partial charge in [0.25, 0.3) is 0 Å². The molecule has 2 unspecified atom stereocenters. The molecule has 1 aromatic rings.